The third-order valence-electron chi connectivity index (χ3n) is 6.69. The van der Waals surface area contributed by atoms with E-state index in [1.54, 1.807) is 0 Å². The number of aryl methyl sites for hydroxylation is 2. The molecule has 2 aromatic rings. The van der Waals surface area contributed by atoms with Crippen LogP contribution < -0.4 is 5.32 Å². The van der Waals surface area contributed by atoms with Crippen molar-refractivity contribution in [3.63, 3.8) is 0 Å². The topological polar surface area (TPSA) is 56.3 Å². The van der Waals surface area contributed by atoms with Crippen LogP contribution in [0.2, 0.25) is 0 Å². The molecule has 5 heteroatoms. The molecule has 0 aliphatic carbocycles. The van der Waals surface area contributed by atoms with Gasteiger partial charge in [0.05, 0.1) is 24.4 Å². The van der Waals surface area contributed by atoms with Crippen LogP contribution in [0, 0.1) is 0 Å². The Balaban J connectivity index is 1.01. The number of hydrogen-bond acceptors (Lipinski definition) is 5. The van der Waals surface area contributed by atoms with Gasteiger partial charge in [0.2, 0.25) is 0 Å². The smallest absolute Gasteiger partial charge is 0.0592 e. The zero-order valence-electron chi connectivity index (χ0n) is 18.6. The first-order chi connectivity index (χ1) is 15.3. The van der Waals surface area contributed by atoms with Crippen LogP contribution in [-0.2, 0) is 22.3 Å². The molecular formula is C26H37N3O2. The molecule has 4 heterocycles. The molecular weight excluding hydrogens is 386 g/mol. The van der Waals surface area contributed by atoms with E-state index < -0.39 is 0 Å². The number of nitrogens with one attached hydrogen (secondary N) is 1. The maximum absolute atomic E-state index is 6.26. The molecule has 4 unspecified atom stereocenters. The molecule has 2 aliphatic rings. The van der Waals surface area contributed by atoms with E-state index >= 15 is 0 Å². The Hall–Kier alpha value is -1.82. The van der Waals surface area contributed by atoms with Gasteiger partial charge in [-0.05, 0) is 113 Å². The maximum atomic E-state index is 6.26. The minimum absolute atomic E-state index is 0.425. The van der Waals surface area contributed by atoms with E-state index in [1.165, 1.54) is 36.8 Å². The number of nitrogens with zero attached hydrogens (tertiary/aromatic N) is 2. The van der Waals surface area contributed by atoms with Gasteiger partial charge < -0.3 is 14.8 Å². The number of hydrogen-bond donors (Lipinski definition) is 1. The highest BCUT2D eigenvalue weighted by atomic mass is 16.5. The molecule has 2 fully saturated rings. The van der Waals surface area contributed by atoms with Crippen LogP contribution in [0.15, 0.2) is 49.1 Å². The fourth-order valence-corrected chi connectivity index (χ4v) is 4.81. The highest BCUT2D eigenvalue weighted by molar-refractivity contribution is 5.10. The predicted molar refractivity (Wildman–Crippen MR) is 123 cm³/mol. The zero-order chi connectivity index (χ0) is 21.1. The van der Waals surface area contributed by atoms with E-state index in [4.69, 9.17) is 9.47 Å². The van der Waals surface area contributed by atoms with Crippen LogP contribution in [0.4, 0.5) is 0 Å². The Kier molecular flexibility index (Phi) is 8.86. The van der Waals surface area contributed by atoms with Crippen molar-refractivity contribution in [1.29, 1.82) is 0 Å². The monoisotopic (exact) mass is 423 g/mol. The fourth-order valence-electron chi connectivity index (χ4n) is 4.81. The van der Waals surface area contributed by atoms with Crippen molar-refractivity contribution in [2.45, 2.75) is 88.6 Å². The number of rotatable bonds is 12. The Morgan fingerprint density at radius 1 is 0.613 bits per heavy atom. The van der Waals surface area contributed by atoms with Crippen molar-refractivity contribution >= 4 is 0 Å². The van der Waals surface area contributed by atoms with Gasteiger partial charge in [0.15, 0.2) is 0 Å². The number of pyridine rings is 2. The van der Waals surface area contributed by atoms with Crippen molar-refractivity contribution in [3.8, 4) is 0 Å². The number of ether oxygens (including phenoxy) is 2. The summed E-state index contributed by atoms with van der Waals surface area (Å²) in [5.74, 6) is 0. The van der Waals surface area contributed by atoms with Crippen LogP contribution >= 0.6 is 0 Å². The third-order valence-corrected chi connectivity index (χ3v) is 6.69. The van der Waals surface area contributed by atoms with Crippen LogP contribution in [0.5, 0.6) is 0 Å². The second-order valence-electron chi connectivity index (χ2n) is 9.03. The van der Waals surface area contributed by atoms with E-state index in [2.05, 4.69) is 39.6 Å². The zero-order valence-corrected chi connectivity index (χ0v) is 18.6. The van der Waals surface area contributed by atoms with Crippen molar-refractivity contribution in [1.82, 2.24) is 15.3 Å². The molecule has 0 radical (unpaired) electrons. The fraction of sp³-hybridized carbons (Fsp3) is 0.615. The lowest BCUT2D eigenvalue weighted by Crippen LogP contribution is -2.25. The molecule has 0 spiro atoms. The molecule has 2 aromatic heterocycles. The van der Waals surface area contributed by atoms with Gasteiger partial charge in [-0.3, -0.25) is 9.97 Å². The molecule has 4 atom stereocenters. The van der Waals surface area contributed by atoms with E-state index in [9.17, 15) is 0 Å². The standard InChI is InChI=1S/C26H37N3O2/c1(21-9-15-27-16-10-21)3-23-5-7-25(30-23)13-19-29-20-14-26-8-6-24(31-26)4-2-22-11-17-28-18-12-22/h9-12,15-18,23-26,29H,1-8,13-14,19-20H2. The van der Waals surface area contributed by atoms with Crippen LogP contribution in [-0.4, -0.2) is 47.5 Å². The average Bonchev–Trinajstić information content (AvgIpc) is 3.47. The second kappa shape index (κ2) is 12.3. The van der Waals surface area contributed by atoms with Crippen LogP contribution in [0.1, 0.15) is 62.5 Å². The quantitative estimate of drug-likeness (QED) is 0.509. The van der Waals surface area contributed by atoms with Crippen molar-refractivity contribution in [3.05, 3.63) is 60.2 Å². The number of aromatic nitrogens is 2. The summed E-state index contributed by atoms with van der Waals surface area (Å²) in [7, 11) is 0. The molecule has 31 heavy (non-hydrogen) atoms. The summed E-state index contributed by atoms with van der Waals surface area (Å²) in [4.78, 5) is 8.17. The Bertz CT molecular complexity index is 679. The Labute approximate surface area is 187 Å². The SMILES string of the molecule is c1cc(CCC2CCC(CCNCCC3CCC(CCc4ccncc4)O3)O2)ccn1. The largest absolute Gasteiger partial charge is 0.375 e. The molecule has 0 saturated carbocycles. The summed E-state index contributed by atoms with van der Waals surface area (Å²) in [5.41, 5.74) is 2.72. The Morgan fingerprint density at radius 3 is 1.42 bits per heavy atom. The van der Waals surface area contributed by atoms with Gasteiger partial charge in [-0.2, -0.15) is 0 Å². The average molecular weight is 424 g/mol. The minimum atomic E-state index is 0.425. The molecule has 0 aromatic carbocycles. The summed E-state index contributed by atoms with van der Waals surface area (Å²) in [6.07, 6.45) is 20.7. The van der Waals surface area contributed by atoms with Crippen molar-refractivity contribution < 1.29 is 9.47 Å². The first kappa shape index (κ1) is 22.4. The van der Waals surface area contributed by atoms with E-state index in [-0.39, 0.29) is 0 Å². The third kappa shape index (κ3) is 7.67. The summed E-state index contributed by atoms with van der Waals surface area (Å²) in [6.45, 7) is 2.08. The molecule has 4 rings (SSSR count). The van der Waals surface area contributed by atoms with Crippen molar-refractivity contribution in [2.75, 3.05) is 13.1 Å². The van der Waals surface area contributed by atoms with E-state index in [0.29, 0.717) is 24.4 Å². The van der Waals surface area contributed by atoms with Crippen molar-refractivity contribution in [2.24, 2.45) is 0 Å². The molecule has 5 nitrogen and oxygen atoms in total. The summed E-state index contributed by atoms with van der Waals surface area (Å²) >= 11 is 0. The van der Waals surface area contributed by atoms with Gasteiger partial charge in [-0.25, -0.2) is 0 Å². The first-order valence-electron chi connectivity index (χ1n) is 12.1. The molecule has 0 amide bonds. The van der Waals surface area contributed by atoms with Crippen LogP contribution in [0.3, 0.4) is 0 Å². The van der Waals surface area contributed by atoms with Crippen LogP contribution in [0.25, 0.3) is 0 Å². The van der Waals surface area contributed by atoms with Gasteiger partial charge in [0, 0.05) is 24.8 Å². The summed E-state index contributed by atoms with van der Waals surface area (Å²) in [5, 5.41) is 3.61. The van der Waals surface area contributed by atoms with Gasteiger partial charge in [0.25, 0.3) is 0 Å². The van der Waals surface area contributed by atoms with E-state index in [1.807, 2.05) is 24.8 Å². The van der Waals surface area contributed by atoms with Gasteiger partial charge >= 0.3 is 0 Å². The molecule has 1 N–H and O–H groups in total. The Morgan fingerprint density at radius 2 is 1.00 bits per heavy atom. The molecule has 2 saturated heterocycles. The lowest BCUT2D eigenvalue weighted by atomic mass is 10.1. The maximum Gasteiger partial charge on any atom is 0.0592 e. The predicted octanol–water partition coefficient (Wildman–Crippen LogP) is 4.51. The highest BCUT2D eigenvalue weighted by Crippen LogP contribution is 2.26. The van der Waals surface area contributed by atoms with E-state index in [0.717, 1.165) is 51.6 Å². The van der Waals surface area contributed by atoms with Gasteiger partial charge in [-0.15, -0.1) is 0 Å². The summed E-state index contributed by atoms with van der Waals surface area (Å²) < 4.78 is 12.5. The molecule has 168 valence electrons. The summed E-state index contributed by atoms with van der Waals surface area (Å²) in [6, 6.07) is 8.42. The lowest BCUT2D eigenvalue weighted by Gasteiger charge is -2.16. The van der Waals surface area contributed by atoms with Gasteiger partial charge in [-0.1, -0.05) is 0 Å². The highest BCUT2D eigenvalue weighted by Gasteiger charge is 2.26. The van der Waals surface area contributed by atoms with Gasteiger partial charge in [0.1, 0.15) is 0 Å². The lowest BCUT2D eigenvalue weighted by molar-refractivity contribution is 0.0332. The molecule has 2 aliphatic heterocycles. The molecule has 0 bridgehead atoms. The second-order valence-corrected chi connectivity index (χ2v) is 9.03. The minimum Gasteiger partial charge on any atom is -0.375 e. The first-order valence-corrected chi connectivity index (χ1v) is 12.1. The normalized spacial score (nSPS) is 25.8.